The minimum absolute atomic E-state index is 0.142. The fourth-order valence-corrected chi connectivity index (χ4v) is 3.36. The van der Waals surface area contributed by atoms with Crippen molar-refractivity contribution in [2.75, 3.05) is 0 Å². The van der Waals surface area contributed by atoms with Gasteiger partial charge >= 0.3 is 0 Å². The van der Waals surface area contributed by atoms with Crippen molar-refractivity contribution in [3.63, 3.8) is 0 Å². The van der Waals surface area contributed by atoms with E-state index in [2.05, 4.69) is 15.4 Å². The molecular formula is C22H20ClN5O2. The summed E-state index contributed by atoms with van der Waals surface area (Å²) in [5.74, 6) is 0.395. The molecule has 0 saturated heterocycles. The molecule has 30 heavy (non-hydrogen) atoms. The number of halogens is 1. The number of fused-ring (bicyclic) bond motifs is 1. The number of carbonyl (C=O) groups excluding carboxylic acids is 1. The molecule has 4 aromatic rings. The van der Waals surface area contributed by atoms with Crippen LogP contribution in [0.5, 0.6) is 0 Å². The van der Waals surface area contributed by atoms with Crippen LogP contribution in [0.3, 0.4) is 0 Å². The van der Waals surface area contributed by atoms with Crippen molar-refractivity contribution < 1.29 is 4.79 Å². The van der Waals surface area contributed by atoms with Crippen LogP contribution < -0.4 is 10.9 Å². The van der Waals surface area contributed by atoms with Crippen molar-refractivity contribution in [3.05, 3.63) is 87.6 Å². The molecule has 1 amide bonds. The third kappa shape index (κ3) is 4.11. The molecular weight excluding hydrogens is 402 g/mol. The van der Waals surface area contributed by atoms with E-state index >= 15 is 0 Å². The Morgan fingerprint density at radius 2 is 1.83 bits per heavy atom. The van der Waals surface area contributed by atoms with E-state index in [4.69, 9.17) is 11.6 Å². The van der Waals surface area contributed by atoms with Crippen molar-refractivity contribution in [3.8, 4) is 5.69 Å². The molecule has 2 aromatic carbocycles. The van der Waals surface area contributed by atoms with Gasteiger partial charge in [0.15, 0.2) is 5.65 Å². The number of nitrogens with zero attached hydrogens (tertiary/aromatic N) is 4. The number of para-hydroxylation sites is 1. The van der Waals surface area contributed by atoms with Crippen molar-refractivity contribution in [2.24, 2.45) is 0 Å². The van der Waals surface area contributed by atoms with E-state index in [1.807, 2.05) is 42.5 Å². The van der Waals surface area contributed by atoms with Crippen LogP contribution in [0, 0.1) is 6.92 Å². The Labute approximate surface area is 177 Å². The van der Waals surface area contributed by atoms with Gasteiger partial charge in [-0.25, -0.2) is 9.67 Å². The second-order valence-corrected chi connectivity index (χ2v) is 7.33. The molecule has 2 heterocycles. The molecule has 0 bridgehead atoms. The summed E-state index contributed by atoms with van der Waals surface area (Å²) in [6.07, 6.45) is 1.70. The highest BCUT2D eigenvalue weighted by molar-refractivity contribution is 6.30. The third-order valence-corrected chi connectivity index (χ3v) is 5.10. The largest absolute Gasteiger partial charge is 0.352 e. The molecule has 152 valence electrons. The van der Waals surface area contributed by atoms with Crippen LogP contribution >= 0.6 is 11.6 Å². The molecule has 1 N–H and O–H groups in total. The number of nitrogens with one attached hydrogen (secondary N) is 1. The monoisotopic (exact) mass is 421 g/mol. The predicted octanol–water partition coefficient (Wildman–Crippen LogP) is 3.25. The smallest absolute Gasteiger partial charge is 0.264 e. The number of hydrogen-bond donors (Lipinski definition) is 1. The first-order chi connectivity index (χ1) is 14.5. The van der Waals surface area contributed by atoms with Gasteiger partial charge in [0.2, 0.25) is 5.91 Å². The average molecular weight is 422 g/mol. The van der Waals surface area contributed by atoms with E-state index in [-0.39, 0.29) is 24.4 Å². The first kappa shape index (κ1) is 19.8. The molecule has 0 aliphatic carbocycles. The van der Waals surface area contributed by atoms with Gasteiger partial charge in [-0.05, 0) is 36.8 Å². The number of carbonyl (C=O) groups is 1. The highest BCUT2D eigenvalue weighted by atomic mass is 35.5. The van der Waals surface area contributed by atoms with E-state index in [0.29, 0.717) is 28.4 Å². The van der Waals surface area contributed by atoms with Gasteiger partial charge in [0.05, 0.1) is 11.9 Å². The Bertz CT molecular complexity index is 1250. The lowest BCUT2D eigenvalue weighted by atomic mass is 10.2. The zero-order chi connectivity index (χ0) is 21.1. The van der Waals surface area contributed by atoms with E-state index in [0.717, 1.165) is 11.3 Å². The zero-order valence-electron chi connectivity index (χ0n) is 16.4. The minimum Gasteiger partial charge on any atom is -0.352 e. The topological polar surface area (TPSA) is 81.8 Å². The van der Waals surface area contributed by atoms with Gasteiger partial charge < -0.3 is 5.32 Å². The van der Waals surface area contributed by atoms with Crippen LogP contribution in [0.15, 0.2) is 65.6 Å². The summed E-state index contributed by atoms with van der Waals surface area (Å²) in [5.41, 5.74) is 2.09. The summed E-state index contributed by atoms with van der Waals surface area (Å²) < 4.78 is 3.16. The summed E-state index contributed by atoms with van der Waals surface area (Å²) in [6, 6.07) is 16.8. The molecule has 0 aliphatic heterocycles. The van der Waals surface area contributed by atoms with Gasteiger partial charge in [0.25, 0.3) is 5.56 Å². The van der Waals surface area contributed by atoms with Gasteiger partial charge in [-0.1, -0.05) is 41.9 Å². The number of rotatable bonds is 6. The molecule has 8 heteroatoms. The number of hydrogen-bond acceptors (Lipinski definition) is 4. The Kier molecular flexibility index (Phi) is 5.63. The van der Waals surface area contributed by atoms with Crippen LogP contribution in [0.1, 0.15) is 17.8 Å². The van der Waals surface area contributed by atoms with Gasteiger partial charge in [-0.2, -0.15) is 5.10 Å². The van der Waals surface area contributed by atoms with Crippen LogP contribution in [0.4, 0.5) is 0 Å². The van der Waals surface area contributed by atoms with Crippen molar-refractivity contribution in [1.82, 2.24) is 24.6 Å². The number of aryl methyl sites for hydroxylation is 1. The highest BCUT2D eigenvalue weighted by Crippen LogP contribution is 2.14. The van der Waals surface area contributed by atoms with E-state index < -0.39 is 0 Å². The van der Waals surface area contributed by atoms with Crippen LogP contribution in [0.2, 0.25) is 5.02 Å². The fourth-order valence-electron chi connectivity index (χ4n) is 3.23. The van der Waals surface area contributed by atoms with Gasteiger partial charge in [0.1, 0.15) is 11.2 Å². The first-order valence-electron chi connectivity index (χ1n) is 9.54. The Hall–Kier alpha value is -3.45. The predicted molar refractivity (Wildman–Crippen MR) is 116 cm³/mol. The van der Waals surface area contributed by atoms with Crippen molar-refractivity contribution in [1.29, 1.82) is 0 Å². The fraction of sp³-hybridized carbons (Fsp3) is 0.182. The number of amides is 1. The lowest BCUT2D eigenvalue weighted by molar-refractivity contribution is -0.121. The Balaban J connectivity index is 1.48. The Morgan fingerprint density at radius 1 is 1.10 bits per heavy atom. The normalized spacial score (nSPS) is 11.0. The molecule has 0 aliphatic rings. The first-order valence-corrected chi connectivity index (χ1v) is 9.92. The van der Waals surface area contributed by atoms with Gasteiger partial charge in [0, 0.05) is 24.5 Å². The molecule has 7 nitrogen and oxygen atoms in total. The molecule has 4 rings (SSSR count). The molecule has 0 spiro atoms. The SMILES string of the molecule is Cc1nc2c(cnn2-c2ccccc2)c(=O)n1CCC(=O)NCc1ccc(Cl)cc1. The Morgan fingerprint density at radius 3 is 2.57 bits per heavy atom. The maximum absolute atomic E-state index is 12.9. The zero-order valence-corrected chi connectivity index (χ0v) is 17.1. The number of benzene rings is 2. The minimum atomic E-state index is -0.204. The molecule has 0 atom stereocenters. The summed E-state index contributed by atoms with van der Waals surface area (Å²) in [4.78, 5) is 29.8. The van der Waals surface area contributed by atoms with Gasteiger partial charge in [-0.15, -0.1) is 0 Å². The standard InChI is InChI=1S/C22H20ClN5O2/c1-15-26-21-19(14-25-28(21)18-5-3-2-4-6-18)22(30)27(15)12-11-20(29)24-13-16-7-9-17(23)10-8-16/h2-10,14H,11-13H2,1H3,(H,24,29). The maximum atomic E-state index is 12.9. The highest BCUT2D eigenvalue weighted by Gasteiger charge is 2.14. The van der Waals surface area contributed by atoms with E-state index in [1.165, 1.54) is 10.8 Å². The van der Waals surface area contributed by atoms with Crippen molar-refractivity contribution >= 4 is 28.5 Å². The van der Waals surface area contributed by atoms with Crippen molar-refractivity contribution in [2.45, 2.75) is 26.4 Å². The number of aromatic nitrogens is 4. The maximum Gasteiger partial charge on any atom is 0.264 e. The second kappa shape index (κ2) is 8.51. The quantitative estimate of drug-likeness (QED) is 0.518. The van der Waals surface area contributed by atoms with Crippen LogP contribution in [-0.2, 0) is 17.9 Å². The lowest BCUT2D eigenvalue weighted by Crippen LogP contribution is -2.29. The summed E-state index contributed by atoms with van der Waals surface area (Å²) >= 11 is 5.87. The summed E-state index contributed by atoms with van der Waals surface area (Å²) in [7, 11) is 0. The van der Waals surface area contributed by atoms with Crippen LogP contribution in [-0.4, -0.2) is 25.2 Å². The van der Waals surface area contributed by atoms with E-state index in [1.54, 1.807) is 23.7 Å². The second-order valence-electron chi connectivity index (χ2n) is 6.90. The van der Waals surface area contributed by atoms with E-state index in [9.17, 15) is 9.59 Å². The van der Waals surface area contributed by atoms with Crippen LogP contribution in [0.25, 0.3) is 16.7 Å². The summed E-state index contributed by atoms with van der Waals surface area (Å²) in [5, 5.41) is 8.25. The molecule has 2 aromatic heterocycles. The van der Waals surface area contributed by atoms with Gasteiger partial charge in [-0.3, -0.25) is 14.2 Å². The third-order valence-electron chi connectivity index (χ3n) is 4.84. The average Bonchev–Trinajstić information content (AvgIpc) is 3.17. The molecule has 0 unspecified atom stereocenters. The molecule has 0 fully saturated rings. The lowest BCUT2D eigenvalue weighted by Gasteiger charge is -2.11. The molecule has 0 saturated carbocycles. The summed E-state index contributed by atoms with van der Waals surface area (Å²) in [6.45, 7) is 2.41. The molecule has 0 radical (unpaired) electrons.